The third-order valence-electron chi connectivity index (χ3n) is 1.38. The molecular weight excluding hydrogens is 160 g/mol. The van der Waals surface area contributed by atoms with Crippen LogP contribution in [0.1, 0.15) is 25.1 Å². The van der Waals surface area contributed by atoms with Crippen LogP contribution in [0, 0.1) is 16.1 Å². The number of nitriles is 1. The number of H-pyrrole nitrogens is 2. The molecular formula is C6H8N4S. The summed E-state index contributed by atoms with van der Waals surface area (Å²) in [5.41, 5.74) is 0. The van der Waals surface area contributed by atoms with Crippen molar-refractivity contribution >= 4 is 12.2 Å². The van der Waals surface area contributed by atoms with Crippen LogP contribution in [0.15, 0.2) is 0 Å². The van der Waals surface area contributed by atoms with E-state index in [1.54, 1.807) is 0 Å². The molecule has 0 aliphatic carbocycles. The Morgan fingerprint density at radius 1 is 1.73 bits per heavy atom. The summed E-state index contributed by atoms with van der Waals surface area (Å²) in [6.45, 7) is 1.92. The molecule has 11 heavy (non-hydrogen) atoms. The Bertz CT molecular complexity index is 318. The number of nitrogens with zero attached hydrogens (tertiary/aromatic N) is 2. The predicted octanol–water partition coefficient (Wildman–Crippen LogP) is 1.48. The van der Waals surface area contributed by atoms with Crippen molar-refractivity contribution in [3.05, 3.63) is 10.6 Å². The van der Waals surface area contributed by atoms with E-state index < -0.39 is 0 Å². The smallest absolute Gasteiger partial charge is 0.213 e. The van der Waals surface area contributed by atoms with Crippen LogP contribution in [0.2, 0.25) is 0 Å². The van der Waals surface area contributed by atoms with Crippen molar-refractivity contribution in [3.63, 3.8) is 0 Å². The molecule has 1 atom stereocenters. The van der Waals surface area contributed by atoms with Gasteiger partial charge in [0.15, 0.2) is 0 Å². The lowest BCUT2D eigenvalue weighted by Gasteiger charge is -1.98. The quantitative estimate of drug-likeness (QED) is 0.657. The van der Waals surface area contributed by atoms with Gasteiger partial charge in [-0.1, -0.05) is 6.92 Å². The van der Waals surface area contributed by atoms with Gasteiger partial charge in [-0.05, 0) is 12.2 Å². The van der Waals surface area contributed by atoms with Crippen molar-refractivity contribution in [2.24, 2.45) is 0 Å². The minimum atomic E-state index is 0.118. The third-order valence-corrected chi connectivity index (χ3v) is 1.58. The lowest BCUT2D eigenvalue weighted by molar-refractivity contribution is 0.725. The highest BCUT2D eigenvalue weighted by molar-refractivity contribution is 7.71. The molecule has 0 aromatic carbocycles. The number of nitrogens with one attached hydrogen (secondary N) is 2. The van der Waals surface area contributed by atoms with Crippen molar-refractivity contribution in [2.45, 2.75) is 19.3 Å². The molecule has 5 heteroatoms. The zero-order valence-corrected chi connectivity index (χ0v) is 6.90. The van der Waals surface area contributed by atoms with Crippen LogP contribution in [-0.4, -0.2) is 15.2 Å². The van der Waals surface area contributed by atoms with Gasteiger partial charge in [0.1, 0.15) is 5.82 Å². The lowest BCUT2D eigenvalue weighted by Crippen LogP contribution is -1.94. The Morgan fingerprint density at radius 2 is 2.45 bits per heavy atom. The van der Waals surface area contributed by atoms with Crippen molar-refractivity contribution in [2.75, 3.05) is 0 Å². The standard InChI is InChI=1S/C6H8N4S/c1-4(2-3-7)5-8-6(11)10-9-5/h4H,2H2,1H3,(H2,8,9,10,11)/t4-/m1/s1. The second kappa shape index (κ2) is 3.30. The number of aromatic amines is 2. The van der Waals surface area contributed by atoms with Gasteiger partial charge >= 0.3 is 0 Å². The van der Waals surface area contributed by atoms with E-state index in [0.717, 1.165) is 5.82 Å². The third kappa shape index (κ3) is 1.88. The summed E-state index contributed by atoms with van der Waals surface area (Å²) in [5.74, 6) is 0.865. The Morgan fingerprint density at radius 3 is 2.91 bits per heavy atom. The largest absolute Gasteiger partial charge is 0.285 e. The molecule has 0 saturated carbocycles. The molecule has 58 valence electrons. The molecule has 1 aromatic heterocycles. The summed E-state index contributed by atoms with van der Waals surface area (Å²) < 4.78 is 0.435. The molecule has 1 aromatic rings. The van der Waals surface area contributed by atoms with Crippen molar-refractivity contribution in [1.29, 1.82) is 5.26 Å². The summed E-state index contributed by atoms with van der Waals surface area (Å²) in [6.07, 6.45) is 0.454. The molecule has 0 aliphatic rings. The van der Waals surface area contributed by atoms with Gasteiger partial charge in [-0.3, -0.25) is 10.2 Å². The maximum atomic E-state index is 8.38. The van der Waals surface area contributed by atoms with Crippen LogP contribution < -0.4 is 0 Å². The fourth-order valence-electron chi connectivity index (χ4n) is 0.750. The summed E-state index contributed by atoms with van der Waals surface area (Å²) in [7, 11) is 0. The van der Waals surface area contributed by atoms with E-state index in [2.05, 4.69) is 21.3 Å². The Kier molecular flexibility index (Phi) is 2.39. The van der Waals surface area contributed by atoms with Gasteiger partial charge in [-0.15, -0.1) is 0 Å². The average molecular weight is 168 g/mol. The topological polar surface area (TPSA) is 68.3 Å². The van der Waals surface area contributed by atoms with E-state index in [4.69, 9.17) is 17.5 Å². The summed E-state index contributed by atoms with van der Waals surface area (Å²) >= 11 is 4.76. The van der Waals surface area contributed by atoms with Crippen LogP contribution in [0.4, 0.5) is 0 Å². The van der Waals surface area contributed by atoms with Crippen LogP contribution in [0.25, 0.3) is 0 Å². The molecule has 2 N–H and O–H groups in total. The SMILES string of the molecule is C[C@H](CC#N)c1nc(=S)[nH][nH]1. The van der Waals surface area contributed by atoms with Crippen LogP contribution in [0.5, 0.6) is 0 Å². The molecule has 4 nitrogen and oxygen atoms in total. The number of aromatic nitrogens is 3. The van der Waals surface area contributed by atoms with Gasteiger partial charge in [0.05, 0.1) is 6.07 Å². The first kappa shape index (κ1) is 7.95. The highest BCUT2D eigenvalue weighted by Crippen LogP contribution is 2.11. The van der Waals surface area contributed by atoms with Gasteiger partial charge in [-0.25, -0.2) is 4.98 Å². The maximum absolute atomic E-state index is 8.38. The minimum absolute atomic E-state index is 0.118. The van der Waals surface area contributed by atoms with E-state index in [1.165, 1.54) is 0 Å². The first-order valence-corrected chi connectivity index (χ1v) is 3.66. The van der Waals surface area contributed by atoms with Crippen molar-refractivity contribution < 1.29 is 0 Å². The molecule has 1 heterocycles. The van der Waals surface area contributed by atoms with Gasteiger partial charge in [0.25, 0.3) is 0 Å². The maximum Gasteiger partial charge on any atom is 0.213 e. The van der Waals surface area contributed by atoms with E-state index in [-0.39, 0.29) is 5.92 Å². The van der Waals surface area contributed by atoms with E-state index >= 15 is 0 Å². The molecule has 0 aliphatic heterocycles. The molecule has 1 rings (SSSR count). The molecule has 0 unspecified atom stereocenters. The van der Waals surface area contributed by atoms with E-state index in [9.17, 15) is 0 Å². The number of hydrogen-bond donors (Lipinski definition) is 2. The van der Waals surface area contributed by atoms with Crippen LogP contribution in [0.3, 0.4) is 0 Å². The number of rotatable bonds is 2. The van der Waals surface area contributed by atoms with Crippen LogP contribution in [-0.2, 0) is 0 Å². The van der Waals surface area contributed by atoms with Crippen molar-refractivity contribution in [3.8, 4) is 6.07 Å². The summed E-state index contributed by atoms with van der Waals surface area (Å²) in [4.78, 5) is 3.98. The molecule has 0 fully saturated rings. The zero-order chi connectivity index (χ0) is 8.27. The fourth-order valence-corrected chi connectivity index (χ4v) is 0.899. The first-order valence-electron chi connectivity index (χ1n) is 3.25. The lowest BCUT2D eigenvalue weighted by atomic mass is 10.1. The van der Waals surface area contributed by atoms with E-state index in [1.807, 2.05) is 6.92 Å². The Hall–Kier alpha value is -1.15. The highest BCUT2D eigenvalue weighted by atomic mass is 32.1. The Balaban J connectivity index is 2.78. The monoisotopic (exact) mass is 168 g/mol. The van der Waals surface area contributed by atoms with E-state index in [0.29, 0.717) is 11.2 Å². The molecule has 0 saturated heterocycles. The molecule has 0 radical (unpaired) electrons. The fraction of sp³-hybridized carbons (Fsp3) is 0.500. The van der Waals surface area contributed by atoms with Gasteiger partial charge in [-0.2, -0.15) is 5.26 Å². The van der Waals surface area contributed by atoms with Crippen molar-refractivity contribution in [1.82, 2.24) is 15.2 Å². The minimum Gasteiger partial charge on any atom is -0.285 e. The van der Waals surface area contributed by atoms with Crippen LogP contribution >= 0.6 is 12.2 Å². The van der Waals surface area contributed by atoms with Gasteiger partial charge in [0.2, 0.25) is 4.77 Å². The van der Waals surface area contributed by atoms with Gasteiger partial charge < -0.3 is 0 Å². The predicted molar refractivity (Wildman–Crippen MR) is 42.4 cm³/mol. The average Bonchev–Trinajstić information content (AvgIpc) is 2.36. The van der Waals surface area contributed by atoms with Gasteiger partial charge in [0, 0.05) is 12.3 Å². The molecule has 0 spiro atoms. The zero-order valence-electron chi connectivity index (χ0n) is 6.09. The second-order valence-electron chi connectivity index (χ2n) is 2.32. The highest BCUT2D eigenvalue weighted by Gasteiger charge is 2.06. The summed E-state index contributed by atoms with van der Waals surface area (Å²) in [5, 5.41) is 13.9. The summed E-state index contributed by atoms with van der Waals surface area (Å²) in [6, 6.07) is 2.07. The normalized spacial score (nSPS) is 12.4. The molecule has 0 amide bonds. The molecule has 0 bridgehead atoms. The first-order chi connectivity index (χ1) is 5.24. The Labute approximate surface area is 69.3 Å². The number of hydrogen-bond acceptors (Lipinski definition) is 3. The second-order valence-corrected chi connectivity index (χ2v) is 2.70.